The zero-order valence-corrected chi connectivity index (χ0v) is 19.9. The van der Waals surface area contributed by atoms with Crippen molar-refractivity contribution < 1.29 is 22.7 Å². The number of fused-ring (bicyclic) bond motifs is 5. The van der Waals surface area contributed by atoms with Gasteiger partial charge in [-0.1, -0.05) is 66.7 Å². The molecule has 6 rings (SSSR count). The van der Waals surface area contributed by atoms with Crippen molar-refractivity contribution in [3.63, 3.8) is 0 Å². The summed E-state index contributed by atoms with van der Waals surface area (Å²) in [4.78, 5) is 15.0. The molecule has 2 heterocycles. The van der Waals surface area contributed by atoms with Crippen molar-refractivity contribution in [1.82, 2.24) is 4.90 Å². The van der Waals surface area contributed by atoms with Gasteiger partial charge in [0, 0.05) is 12.0 Å². The predicted molar refractivity (Wildman–Crippen MR) is 132 cm³/mol. The van der Waals surface area contributed by atoms with Gasteiger partial charge in [-0.2, -0.15) is 13.2 Å². The van der Waals surface area contributed by atoms with Gasteiger partial charge in [-0.25, -0.2) is 4.79 Å². The van der Waals surface area contributed by atoms with Crippen LogP contribution in [0.5, 0.6) is 0 Å². The largest absolute Gasteiger partial charge is 0.448 e. The molecule has 1 aliphatic carbocycles. The van der Waals surface area contributed by atoms with Crippen molar-refractivity contribution in [2.75, 3.05) is 6.61 Å². The van der Waals surface area contributed by atoms with Crippen molar-refractivity contribution in [2.45, 2.75) is 50.4 Å². The highest BCUT2D eigenvalue weighted by Gasteiger charge is 2.42. The molecule has 2 atom stereocenters. The van der Waals surface area contributed by atoms with Crippen LogP contribution in [0.4, 0.5) is 18.0 Å². The number of hydrogen-bond acceptors (Lipinski definition) is 2. The zero-order chi connectivity index (χ0) is 25.0. The fraction of sp³-hybridized carbons (Fsp3) is 0.300. The highest BCUT2D eigenvalue weighted by molar-refractivity contribution is 5.79. The zero-order valence-electron chi connectivity index (χ0n) is 19.9. The Morgan fingerprint density at radius 2 is 1.64 bits per heavy atom. The van der Waals surface area contributed by atoms with Crippen molar-refractivity contribution >= 4 is 11.7 Å². The molecule has 0 aromatic heterocycles. The lowest BCUT2D eigenvalue weighted by Crippen LogP contribution is -2.43. The van der Waals surface area contributed by atoms with Gasteiger partial charge in [0.05, 0.1) is 11.6 Å². The molecule has 1 fully saturated rings. The molecule has 2 bridgehead atoms. The summed E-state index contributed by atoms with van der Waals surface area (Å²) in [7, 11) is 0. The topological polar surface area (TPSA) is 29.5 Å². The maximum absolute atomic E-state index is 13.4. The second-order valence-electron chi connectivity index (χ2n) is 9.93. The maximum Gasteiger partial charge on any atom is 0.416 e. The minimum atomic E-state index is -4.39. The number of alkyl halides is 3. The number of rotatable bonds is 3. The first-order valence-corrected chi connectivity index (χ1v) is 12.3. The molecule has 0 saturated carbocycles. The number of nitrogens with zero attached hydrogens (tertiary/aromatic N) is 1. The molecule has 1 saturated heterocycles. The van der Waals surface area contributed by atoms with Crippen LogP contribution in [0, 0.1) is 6.92 Å². The average molecular weight is 490 g/mol. The summed E-state index contributed by atoms with van der Waals surface area (Å²) in [6, 6.07) is 20.7. The quantitative estimate of drug-likeness (QED) is 0.379. The molecule has 3 nitrogen and oxygen atoms in total. The van der Waals surface area contributed by atoms with Crippen molar-refractivity contribution in [2.24, 2.45) is 0 Å². The second-order valence-corrected chi connectivity index (χ2v) is 9.93. The molecule has 3 aromatic carbocycles. The minimum Gasteiger partial charge on any atom is -0.448 e. The molecule has 0 N–H and O–H groups in total. The fourth-order valence-electron chi connectivity index (χ4n) is 6.12. The Balaban J connectivity index is 1.20. The number of benzene rings is 3. The number of hydrogen-bond donors (Lipinski definition) is 0. The van der Waals surface area contributed by atoms with E-state index in [1.165, 1.54) is 30.2 Å². The summed E-state index contributed by atoms with van der Waals surface area (Å²) >= 11 is 0. The van der Waals surface area contributed by atoms with Gasteiger partial charge in [0.15, 0.2) is 0 Å². The standard InChI is InChI=1S/C30H26F3NO2/c1-18-10-11-19(16-28(18)30(31,32)33)20-14-21-12-13-22(15-20)34(21)29(35)36-17-27-25-8-4-2-6-23(25)24-7-3-5-9-26(24)27/h2-11,14,16,21-22,27H,12-13,15,17H2,1H3. The van der Waals surface area contributed by atoms with E-state index in [9.17, 15) is 18.0 Å². The lowest BCUT2D eigenvalue weighted by molar-refractivity contribution is -0.138. The smallest absolute Gasteiger partial charge is 0.416 e. The third-order valence-corrected chi connectivity index (χ3v) is 7.86. The Bertz CT molecular complexity index is 1330. The van der Waals surface area contributed by atoms with E-state index in [-0.39, 0.29) is 36.3 Å². The van der Waals surface area contributed by atoms with Crippen LogP contribution < -0.4 is 0 Å². The summed E-state index contributed by atoms with van der Waals surface area (Å²) in [6.07, 6.45) is -0.652. The van der Waals surface area contributed by atoms with E-state index in [4.69, 9.17) is 4.74 Å². The molecule has 3 aliphatic rings. The molecule has 0 radical (unpaired) electrons. The third kappa shape index (κ3) is 3.80. The summed E-state index contributed by atoms with van der Waals surface area (Å²) in [6.45, 7) is 1.73. The SMILES string of the molecule is Cc1ccc(C2=CC3CCC(C2)N3C(=O)OCC2c3ccccc3-c3ccccc32)cc1C(F)(F)F. The molecule has 1 amide bonds. The summed E-state index contributed by atoms with van der Waals surface area (Å²) < 4.78 is 46.2. The third-order valence-electron chi connectivity index (χ3n) is 7.86. The van der Waals surface area contributed by atoms with Gasteiger partial charge in [0.25, 0.3) is 0 Å². The Morgan fingerprint density at radius 1 is 0.972 bits per heavy atom. The molecule has 6 heteroatoms. The number of halogens is 3. The molecule has 2 aliphatic heterocycles. The monoisotopic (exact) mass is 489 g/mol. The first kappa shape index (κ1) is 22.9. The van der Waals surface area contributed by atoms with E-state index in [0.29, 0.717) is 12.0 Å². The number of amides is 1. The first-order chi connectivity index (χ1) is 17.3. The van der Waals surface area contributed by atoms with Crippen LogP contribution in [-0.4, -0.2) is 29.7 Å². The predicted octanol–water partition coefficient (Wildman–Crippen LogP) is 7.58. The van der Waals surface area contributed by atoms with Crippen LogP contribution in [-0.2, 0) is 10.9 Å². The van der Waals surface area contributed by atoms with Crippen LogP contribution in [0.3, 0.4) is 0 Å². The normalized spacial score (nSPS) is 20.7. The van der Waals surface area contributed by atoms with E-state index in [2.05, 4.69) is 24.3 Å². The summed E-state index contributed by atoms with van der Waals surface area (Å²) in [5.41, 5.74) is 5.74. The molecule has 0 spiro atoms. The van der Waals surface area contributed by atoms with Gasteiger partial charge in [-0.3, -0.25) is 4.90 Å². The maximum atomic E-state index is 13.4. The van der Waals surface area contributed by atoms with Crippen LogP contribution >= 0.6 is 0 Å². The first-order valence-electron chi connectivity index (χ1n) is 12.3. The van der Waals surface area contributed by atoms with E-state index < -0.39 is 11.7 Å². The number of carbonyl (C=O) groups excluding carboxylic acids is 1. The van der Waals surface area contributed by atoms with Crippen LogP contribution in [0.1, 0.15) is 53.0 Å². The van der Waals surface area contributed by atoms with Gasteiger partial charge in [-0.15, -0.1) is 0 Å². The van der Waals surface area contributed by atoms with Gasteiger partial charge in [0.2, 0.25) is 0 Å². The second kappa shape index (κ2) is 8.54. The Hall–Kier alpha value is -3.54. The highest BCUT2D eigenvalue weighted by atomic mass is 19.4. The number of carbonyl (C=O) groups is 1. The molecule has 184 valence electrons. The Morgan fingerprint density at radius 3 is 2.28 bits per heavy atom. The van der Waals surface area contributed by atoms with Crippen LogP contribution in [0.25, 0.3) is 16.7 Å². The van der Waals surface area contributed by atoms with Gasteiger partial charge in [-0.05, 0) is 71.2 Å². The highest BCUT2D eigenvalue weighted by Crippen LogP contribution is 2.45. The van der Waals surface area contributed by atoms with Crippen molar-refractivity contribution in [1.29, 1.82) is 0 Å². The minimum absolute atomic E-state index is 0.0109. The van der Waals surface area contributed by atoms with E-state index in [1.807, 2.05) is 30.3 Å². The van der Waals surface area contributed by atoms with Crippen molar-refractivity contribution in [3.05, 3.63) is 101 Å². The average Bonchev–Trinajstić information content (AvgIpc) is 3.33. The Kier molecular flexibility index (Phi) is 5.43. The molecule has 2 unspecified atom stereocenters. The lowest BCUT2D eigenvalue weighted by atomic mass is 9.92. The summed E-state index contributed by atoms with van der Waals surface area (Å²) in [5, 5.41) is 0. The van der Waals surface area contributed by atoms with Gasteiger partial charge < -0.3 is 4.74 Å². The van der Waals surface area contributed by atoms with Crippen LogP contribution in [0.15, 0.2) is 72.8 Å². The fourth-order valence-corrected chi connectivity index (χ4v) is 6.12. The van der Waals surface area contributed by atoms with Gasteiger partial charge >= 0.3 is 12.3 Å². The Labute approximate surface area is 208 Å². The number of ether oxygens (including phenoxy) is 1. The van der Waals surface area contributed by atoms with E-state index in [1.54, 1.807) is 11.0 Å². The number of aryl methyl sites for hydroxylation is 1. The van der Waals surface area contributed by atoms with Crippen LogP contribution in [0.2, 0.25) is 0 Å². The van der Waals surface area contributed by atoms with E-state index >= 15 is 0 Å². The van der Waals surface area contributed by atoms with Crippen molar-refractivity contribution in [3.8, 4) is 11.1 Å². The van der Waals surface area contributed by atoms with Gasteiger partial charge in [0.1, 0.15) is 6.61 Å². The summed E-state index contributed by atoms with van der Waals surface area (Å²) in [5.74, 6) is -0.0109. The lowest BCUT2D eigenvalue weighted by Gasteiger charge is -2.34. The molecular formula is C30H26F3NO2. The molecular weight excluding hydrogens is 463 g/mol. The molecule has 36 heavy (non-hydrogen) atoms. The van der Waals surface area contributed by atoms with E-state index in [0.717, 1.165) is 29.5 Å². The molecule has 3 aromatic rings.